The van der Waals surface area contributed by atoms with Crippen LogP contribution >= 0.6 is 11.6 Å². The van der Waals surface area contributed by atoms with Crippen molar-refractivity contribution in [2.45, 2.75) is 52.2 Å². The molecular formula is C13H22ClN3O2. The molecule has 0 radical (unpaired) electrons. The second-order valence-corrected chi connectivity index (χ2v) is 5.61. The molecule has 1 aromatic rings. The monoisotopic (exact) mass is 287 g/mol. The van der Waals surface area contributed by atoms with Gasteiger partial charge in [0.1, 0.15) is 5.54 Å². The second-order valence-electron chi connectivity index (χ2n) is 5.20. The molecule has 0 aliphatic rings. The molecule has 1 rings (SSSR count). The van der Waals surface area contributed by atoms with Crippen molar-refractivity contribution in [3.63, 3.8) is 0 Å². The van der Waals surface area contributed by atoms with Crippen molar-refractivity contribution in [2.75, 3.05) is 7.11 Å². The fourth-order valence-electron chi connectivity index (χ4n) is 2.04. The highest BCUT2D eigenvalue weighted by Crippen LogP contribution is 2.17. The van der Waals surface area contributed by atoms with Crippen LogP contribution in [0.5, 0.6) is 0 Å². The predicted octanol–water partition coefficient (Wildman–Crippen LogP) is 2.16. The first-order valence-electron chi connectivity index (χ1n) is 6.34. The third kappa shape index (κ3) is 4.21. The molecule has 108 valence electrons. The topological polar surface area (TPSA) is 56.2 Å². The molecule has 0 aliphatic heterocycles. The largest absolute Gasteiger partial charge is 0.468 e. The van der Waals surface area contributed by atoms with Gasteiger partial charge in [-0.05, 0) is 34.1 Å². The van der Waals surface area contributed by atoms with Gasteiger partial charge in [-0.2, -0.15) is 5.10 Å². The number of nitrogens with zero attached hydrogens (tertiary/aromatic N) is 2. The lowest BCUT2D eigenvalue weighted by molar-refractivity contribution is -0.148. The molecule has 0 saturated heterocycles. The summed E-state index contributed by atoms with van der Waals surface area (Å²) in [5.74, 6) is -0.267. The fourth-order valence-corrected chi connectivity index (χ4v) is 2.19. The number of aryl methyl sites for hydroxylation is 2. The Morgan fingerprint density at radius 1 is 1.63 bits per heavy atom. The Bertz CT molecular complexity index is 426. The van der Waals surface area contributed by atoms with Crippen molar-refractivity contribution < 1.29 is 9.53 Å². The smallest absolute Gasteiger partial charge is 0.325 e. The summed E-state index contributed by atoms with van der Waals surface area (Å²) in [4.78, 5) is 11.9. The average Bonchev–Trinajstić information content (AvgIpc) is 2.64. The summed E-state index contributed by atoms with van der Waals surface area (Å²) in [6, 6.07) is 0.187. The van der Waals surface area contributed by atoms with E-state index in [0.717, 1.165) is 5.69 Å². The van der Waals surface area contributed by atoms with Crippen molar-refractivity contribution >= 4 is 17.6 Å². The van der Waals surface area contributed by atoms with E-state index in [0.29, 0.717) is 18.0 Å². The molecule has 19 heavy (non-hydrogen) atoms. The van der Waals surface area contributed by atoms with Crippen molar-refractivity contribution in [3.05, 3.63) is 16.9 Å². The van der Waals surface area contributed by atoms with E-state index in [-0.39, 0.29) is 12.0 Å². The zero-order chi connectivity index (χ0) is 14.6. The van der Waals surface area contributed by atoms with Gasteiger partial charge in [0.15, 0.2) is 0 Å². The number of esters is 1. The molecule has 0 amide bonds. The van der Waals surface area contributed by atoms with Crippen LogP contribution in [0, 0.1) is 6.92 Å². The van der Waals surface area contributed by atoms with E-state index in [4.69, 9.17) is 16.3 Å². The van der Waals surface area contributed by atoms with E-state index < -0.39 is 5.54 Å². The predicted molar refractivity (Wildman–Crippen MR) is 75.3 cm³/mol. The normalized spacial score (nSPS) is 14.5. The van der Waals surface area contributed by atoms with E-state index in [1.165, 1.54) is 7.11 Å². The lowest BCUT2D eigenvalue weighted by Crippen LogP contribution is -2.53. The number of rotatable bonds is 6. The molecule has 0 spiro atoms. The first kappa shape index (κ1) is 16.0. The summed E-state index contributed by atoms with van der Waals surface area (Å²) in [5, 5.41) is 8.17. The van der Waals surface area contributed by atoms with Crippen LogP contribution in [0.2, 0.25) is 5.02 Å². The van der Waals surface area contributed by atoms with E-state index in [1.807, 2.05) is 27.7 Å². The summed E-state index contributed by atoms with van der Waals surface area (Å²) in [6.07, 6.45) is 2.35. The van der Waals surface area contributed by atoms with E-state index in [9.17, 15) is 4.79 Å². The van der Waals surface area contributed by atoms with Gasteiger partial charge in [-0.3, -0.25) is 14.8 Å². The summed E-state index contributed by atoms with van der Waals surface area (Å²) in [6.45, 7) is 8.28. The Morgan fingerprint density at radius 2 is 2.26 bits per heavy atom. The highest BCUT2D eigenvalue weighted by Gasteiger charge is 2.34. The zero-order valence-electron chi connectivity index (χ0n) is 12.2. The lowest BCUT2D eigenvalue weighted by atomic mass is 9.97. The van der Waals surface area contributed by atoms with Gasteiger partial charge in [-0.1, -0.05) is 11.6 Å². The van der Waals surface area contributed by atoms with E-state index in [1.54, 1.807) is 10.9 Å². The van der Waals surface area contributed by atoms with Crippen molar-refractivity contribution in [1.29, 1.82) is 0 Å². The van der Waals surface area contributed by atoms with Gasteiger partial charge >= 0.3 is 5.97 Å². The van der Waals surface area contributed by atoms with Gasteiger partial charge in [0.05, 0.1) is 17.8 Å². The van der Waals surface area contributed by atoms with Crippen molar-refractivity contribution in [2.24, 2.45) is 0 Å². The molecule has 0 bridgehead atoms. The maximum atomic E-state index is 11.9. The maximum Gasteiger partial charge on any atom is 0.325 e. The standard InChI is InChI=1S/C13H22ClN3O2/c1-9(2)15-13(4,12(18)19-5)6-7-17-8-11(14)10(3)16-17/h8-9,15H,6-7H2,1-5H3. The molecule has 6 heteroatoms. The van der Waals surface area contributed by atoms with Gasteiger partial charge in [0, 0.05) is 18.8 Å². The van der Waals surface area contributed by atoms with Crippen LogP contribution in [0.15, 0.2) is 6.20 Å². The van der Waals surface area contributed by atoms with Crippen LogP contribution in [0.25, 0.3) is 0 Å². The minimum absolute atomic E-state index is 0.187. The number of carbonyl (C=O) groups excluding carboxylic acids is 1. The van der Waals surface area contributed by atoms with Gasteiger partial charge < -0.3 is 4.74 Å². The second kappa shape index (κ2) is 6.39. The quantitative estimate of drug-likeness (QED) is 0.815. The molecule has 5 nitrogen and oxygen atoms in total. The van der Waals surface area contributed by atoms with Crippen LogP contribution in [0.4, 0.5) is 0 Å². The first-order valence-corrected chi connectivity index (χ1v) is 6.72. The molecular weight excluding hydrogens is 266 g/mol. The van der Waals surface area contributed by atoms with Crippen LogP contribution in [-0.2, 0) is 16.1 Å². The fraction of sp³-hybridized carbons (Fsp3) is 0.692. The van der Waals surface area contributed by atoms with Crippen LogP contribution < -0.4 is 5.32 Å². The van der Waals surface area contributed by atoms with Crippen molar-refractivity contribution in [1.82, 2.24) is 15.1 Å². The number of hydrogen-bond acceptors (Lipinski definition) is 4. The maximum absolute atomic E-state index is 11.9. The minimum Gasteiger partial charge on any atom is -0.468 e. The molecule has 1 heterocycles. The number of ether oxygens (including phenoxy) is 1. The highest BCUT2D eigenvalue weighted by molar-refractivity contribution is 6.31. The number of methoxy groups -OCH3 is 1. The molecule has 1 atom stereocenters. The molecule has 1 aromatic heterocycles. The van der Waals surface area contributed by atoms with Crippen LogP contribution in [0.1, 0.15) is 32.9 Å². The molecule has 0 saturated carbocycles. The number of hydrogen-bond donors (Lipinski definition) is 1. The van der Waals surface area contributed by atoms with Crippen LogP contribution in [-0.4, -0.2) is 34.4 Å². The Balaban J connectivity index is 2.75. The van der Waals surface area contributed by atoms with Gasteiger partial charge in [0.2, 0.25) is 0 Å². The average molecular weight is 288 g/mol. The molecule has 1 unspecified atom stereocenters. The Morgan fingerprint density at radius 3 is 2.68 bits per heavy atom. The summed E-state index contributed by atoms with van der Waals surface area (Å²) in [7, 11) is 1.40. The lowest BCUT2D eigenvalue weighted by Gasteiger charge is -2.30. The Hall–Kier alpha value is -1.07. The summed E-state index contributed by atoms with van der Waals surface area (Å²) >= 11 is 5.96. The third-order valence-electron chi connectivity index (χ3n) is 2.97. The van der Waals surface area contributed by atoms with E-state index >= 15 is 0 Å². The number of carbonyl (C=O) groups is 1. The number of halogens is 1. The zero-order valence-corrected chi connectivity index (χ0v) is 12.9. The SMILES string of the molecule is COC(=O)C(C)(CCn1cc(Cl)c(C)n1)NC(C)C. The van der Waals surface area contributed by atoms with E-state index in [2.05, 4.69) is 10.4 Å². The van der Waals surface area contributed by atoms with Gasteiger partial charge in [0.25, 0.3) is 0 Å². The number of nitrogens with one attached hydrogen (secondary N) is 1. The Labute approximate surface area is 119 Å². The van der Waals surface area contributed by atoms with Crippen LogP contribution in [0.3, 0.4) is 0 Å². The summed E-state index contributed by atoms with van der Waals surface area (Å²) in [5.41, 5.74) is 0.0631. The summed E-state index contributed by atoms with van der Waals surface area (Å²) < 4.78 is 6.63. The minimum atomic E-state index is -0.727. The Kier molecular flexibility index (Phi) is 5.38. The van der Waals surface area contributed by atoms with Gasteiger partial charge in [-0.15, -0.1) is 0 Å². The third-order valence-corrected chi connectivity index (χ3v) is 3.34. The highest BCUT2D eigenvalue weighted by atomic mass is 35.5. The van der Waals surface area contributed by atoms with Gasteiger partial charge in [-0.25, -0.2) is 0 Å². The molecule has 0 aliphatic carbocycles. The molecule has 1 N–H and O–H groups in total. The first-order chi connectivity index (χ1) is 8.78. The molecule has 0 aromatic carbocycles. The molecule has 0 fully saturated rings. The number of aromatic nitrogens is 2. The van der Waals surface area contributed by atoms with Crippen molar-refractivity contribution in [3.8, 4) is 0 Å².